The van der Waals surface area contributed by atoms with E-state index in [0.29, 0.717) is 23.9 Å². The van der Waals surface area contributed by atoms with Crippen LogP contribution in [-0.2, 0) is 12.6 Å². The fourth-order valence-corrected chi connectivity index (χ4v) is 2.37. The van der Waals surface area contributed by atoms with Gasteiger partial charge < -0.3 is 4.42 Å². The molecule has 0 amide bonds. The van der Waals surface area contributed by atoms with E-state index in [2.05, 4.69) is 0 Å². The number of rotatable bonds is 3. The molecule has 0 aliphatic heterocycles. The fourth-order valence-electron chi connectivity index (χ4n) is 2.37. The minimum absolute atomic E-state index is 0.228. The predicted molar refractivity (Wildman–Crippen MR) is 75.9 cm³/mol. The summed E-state index contributed by atoms with van der Waals surface area (Å²) < 4.78 is 43.4. The minimum atomic E-state index is -4.34. The summed E-state index contributed by atoms with van der Waals surface area (Å²) in [7, 11) is 0. The number of hydrogen-bond donors (Lipinski definition) is 0. The number of fused-ring (bicyclic) bond motifs is 1. The fraction of sp³-hybridized carbons (Fsp3) is 0.118. The molecule has 0 radical (unpaired) electrons. The molecule has 0 bridgehead atoms. The molecule has 0 fully saturated rings. The van der Waals surface area contributed by atoms with E-state index in [9.17, 15) is 18.0 Å². The molecule has 2 nitrogen and oxygen atoms in total. The Morgan fingerprint density at radius 3 is 2.50 bits per heavy atom. The molecule has 0 N–H and O–H groups in total. The summed E-state index contributed by atoms with van der Waals surface area (Å²) in [6, 6.07) is 12.2. The maximum absolute atomic E-state index is 12.7. The molecule has 1 aromatic heterocycles. The molecule has 0 spiro atoms. The van der Waals surface area contributed by atoms with E-state index in [4.69, 9.17) is 4.42 Å². The van der Waals surface area contributed by atoms with Crippen LogP contribution in [0.1, 0.15) is 27.2 Å². The molecule has 1 heterocycles. The Kier molecular flexibility index (Phi) is 3.48. The molecule has 0 aliphatic rings. The summed E-state index contributed by atoms with van der Waals surface area (Å²) in [4.78, 5) is 10.7. The minimum Gasteiger partial charge on any atom is -0.453 e. The van der Waals surface area contributed by atoms with E-state index in [1.807, 2.05) is 6.07 Å². The summed E-state index contributed by atoms with van der Waals surface area (Å²) in [5.74, 6) is 0.228. The first-order valence-electron chi connectivity index (χ1n) is 6.59. The largest absolute Gasteiger partial charge is 0.453 e. The van der Waals surface area contributed by atoms with Crippen molar-refractivity contribution in [3.8, 4) is 0 Å². The molecular formula is C17H11F3O2. The molecule has 3 rings (SSSR count). The van der Waals surface area contributed by atoms with Gasteiger partial charge in [-0.2, -0.15) is 13.2 Å². The van der Waals surface area contributed by atoms with Gasteiger partial charge in [0.2, 0.25) is 0 Å². The van der Waals surface area contributed by atoms with Crippen molar-refractivity contribution in [1.82, 2.24) is 0 Å². The third kappa shape index (κ3) is 2.88. The molecule has 0 atom stereocenters. The van der Waals surface area contributed by atoms with Gasteiger partial charge >= 0.3 is 6.18 Å². The van der Waals surface area contributed by atoms with Crippen molar-refractivity contribution in [3.05, 3.63) is 71.0 Å². The van der Waals surface area contributed by atoms with Crippen molar-refractivity contribution in [3.63, 3.8) is 0 Å². The van der Waals surface area contributed by atoms with Crippen molar-refractivity contribution < 1.29 is 22.4 Å². The van der Waals surface area contributed by atoms with Crippen LogP contribution in [0.25, 0.3) is 11.0 Å². The van der Waals surface area contributed by atoms with Crippen LogP contribution < -0.4 is 0 Å². The molecule has 5 heteroatoms. The quantitative estimate of drug-likeness (QED) is 0.647. The Labute approximate surface area is 124 Å². The first-order chi connectivity index (χ1) is 10.5. The third-order valence-corrected chi connectivity index (χ3v) is 3.38. The van der Waals surface area contributed by atoms with Crippen LogP contribution in [0.3, 0.4) is 0 Å². The van der Waals surface area contributed by atoms with Crippen molar-refractivity contribution in [2.45, 2.75) is 12.6 Å². The second kappa shape index (κ2) is 5.33. The summed E-state index contributed by atoms with van der Waals surface area (Å²) in [6.07, 6.45) is -3.35. The first-order valence-corrected chi connectivity index (χ1v) is 6.59. The molecule has 0 saturated carbocycles. The second-order valence-corrected chi connectivity index (χ2v) is 5.01. The summed E-state index contributed by atoms with van der Waals surface area (Å²) in [5, 5.41) is 0.756. The smallest absolute Gasteiger partial charge is 0.416 e. The number of halogens is 3. The molecule has 0 saturated heterocycles. The van der Waals surface area contributed by atoms with Gasteiger partial charge in [0.25, 0.3) is 0 Å². The summed E-state index contributed by atoms with van der Waals surface area (Å²) in [6.45, 7) is 0. The Bertz CT molecular complexity index is 831. The van der Waals surface area contributed by atoms with Gasteiger partial charge in [0.1, 0.15) is 5.58 Å². The van der Waals surface area contributed by atoms with Crippen LogP contribution in [0, 0.1) is 0 Å². The lowest BCUT2D eigenvalue weighted by atomic mass is 10.0. The molecule has 2 aromatic carbocycles. The average molecular weight is 304 g/mol. The lowest BCUT2D eigenvalue weighted by Crippen LogP contribution is -2.05. The second-order valence-electron chi connectivity index (χ2n) is 5.01. The van der Waals surface area contributed by atoms with E-state index < -0.39 is 11.7 Å². The predicted octanol–water partition coefficient (Wildman–Crippen LogP) is 4.85. The number of carbonyl (C=O) groups excluding carboxylic acids is 1. The zero-order chi connectivity index (χ0) is 15.7. The molecule has 22 heavy (non-hydrogen) atoms. The van der Waals surface area contributed by atoms with Crippen LogP contribution in [0.2, 0.25) is 0 Å². The van der Waals surface area contributed by atoms with E-state index in [-0.39, 0.29) is 5.76 Å². The monoisotopic (exact) mass is 304 g/mol. The van der Waals surface area contributed by atoms with Crippen LogP contribution in [0.4, 0.5) is 13.2 Å². The SMILES string of the molecule is O=Cc1cc2cc(Cc3cccc(C(F)(F)F)c3)ccc2o1. The Morgan fingerprint density at radius 2 is 1.77 bits per heavy atom. The van der Waals surface area contributed by atoms with E-state index in [0.717, 1.165) is 23.1 Å². The number of benzene rings is 2. The van der Waals surface area contributed by atoms with Crippen molar-refractivity contribution >= 4 is 17.3 Å². The topological polar surface area (TPSA) is 30.2 Å². The van der Waals surface area contributed by atoms with Crippen molar-refractivity contribution in [1.29, 1.82) is 0 Å². The van der Waals surface area contributed by atoms with E-state index in [1.54, 1.807) is 24.3 Å². The maximum Gasteiger partial charge on any atom is 0.416 e. The normalized spacial score (nSPS) is 11.8. The van der Waals surface area contributed by atoms with Gasteiger partial charge in [-0.15, -0.1) is 0 Å². The van der Waals surface area contributed by atoms with E-state index in [1.165, 1.54) is 6.07 Å². The van der Waals surface area contributed by atoms with E-state index >= 15 is 0 Å². The molecular weight excluding hydrogens is 293 g/mol. The zero-order valence-electron chi connectivity index (χ0n) is 11.4. The van der Waals surface area contributed by atoms with Crippen LogP contribution in [0.5, 0.6) is 0 Å². The van der Waals surface area contributed by atoms with Crippen LogP contribution in [-0.4, -0.2) is 6.29 Å². The van der Waals surface area contributed by atoms with Gasteiger partial charge in [-0.1, -0.05) is 24.3 Å². The Morgan fingerprint density at radius 1 is 1.00 bits per heavy atom. The van der Waals surface area contributed by atoms with Crippen molar-refractivity contribution in [2.24, 2.45) is 0 Å². The zero-order valence-corrected chi connectivity index (χ0v) is 11.4. The Hall–Kier alpha value is -2.56. The Balaban J connectivity index is 1.91. The maximum atomic E-state index is 12.7. The molecule has 3 aromatic rings. The first kappa shape index (κ1) is 14.4. The summed E-state index contributed by atoms with van der Waals surface area (Å²) in [5.41, 5.74) is 1.35. The van der Waals surface area contributed by atoms with Crippen molar-refractivity contribution in [2.75, 3.05) is 0 Å². The highest BCUT2D eigenvalue weighted by Crippen LogP contribution is 2.30. The molecule has 0 unspecified atom stereocenters. The van der Waals surface area contributed by atoms with Gasteiger partial charge in [-0.3, -0.25) is 4.79 Å². The number of hydrogen-bond acceptors (Lipinski definition) is 2. The molecule has 0 aliphatic carbocycles. The lowest BCUT2D eigenvalue weighted by Gasteiger charge is -2.08. The standard InChI is InChI=1S/C17H11F3O2/c18-17(19,20)14-3-1-2-11(8-14)6-12-4-5-16-13(7-12)9-15(10-21)22-16/h1-5,7-10H,6H2. The molecule has 112 valence electrons. The third-order valence-electron chi connectivity index (χ3n) is 3.38. The van der Waals surface area contributed by atoms with Gasteiger partial charge in [0.05, 0.1) is 5.56 Å². The van der Waals surface area contributed by atoms with Gasteiger partial charge in [-0.05, 0) is 41.8 Å². The number of alkyl halides is 3. The number of carbonyl (C=O) groups is 1. The highest BCUT2D eigenvalue weighted by molar-refractivity contribution is 5.85. The van der Waals surface area contributed by atoms with Crippen LogP contribution >= 0.6 is 0 Å². The number of aldehydes is 1. The van der Waals surface area contributed by atoms with Crippen LogP contribution in [0.15, 0.2) is 52.9 Å². The highest BCUT2D eigenvalue weighted by atomic mass is 19.4. The van der Waals surface area contributed by atoms with Gasteiger partial charge in [0.15, 0.2) is 12.0 Å². The van der Waals surface area contributed by atoms with Gasteiger partial charge in [0, 0.05) is 5.39 Å². The summed E-state index contributed by atoms with van der Waals surface area (Å²) >= 11 is 0. The van der Waals surface area contributed by atoms with Gasteiger partial charge in [-0.25, -0.2) is 0 Å². The average Bonchev–Trinajstić information content (AvgIpc) is 2.89. The number of furan rings is 1. The highest BCUT2D eigenvalue weighted by Gasteiger charge is 2.30. The lowest BCUT2D eigenvalue weighted by molar-refractivity contribution is -0.137.